The molecule has 15 nitrogen and oxygen atoms in total. The van der Waals surface area contributed by atoms with Crippen molar-refractivity contribution in [3.8, 4) is 11.5 Å². The van der Waals surface area contributed by atoms with Gasteiger partial charge in [-0.3, -0.25) is 19.8 Å². The number of nitrogens with one attached hydrogen (secondary N) is 3. The van der Waals surface area contributed by atoms with Crippen LogP contribution in [0.15, 0.2) is 71.9 Å². The fraction of sp³-hybridized carbons (Fsp3) is 0.490. The zero-order valence-electron chi connectivity index (χ0n) is 38.0. The molecule has 9 rings (SSSR count). The van der Waals surface area contributed by atoms with E-state index in [1.165, 1.54) is 42.3 Å². The van der Waals surface area contributed by atoms with E-state index in [1.807, 2.05) is 0 Å². The van der Waals surface area contributed by atoms with Crippen molar-refractivity contribution in [1.29, 1.82) is 0 Å². The quantitative estimate of drug-likeness (QED) is 0.0647. The molecule has 0 radical (unpaired) electrons. The minimum atomic E-state index is -4.69. The van der Waals surface area contributed by atoms with Crippen molar-refractivity contribution in [2.24, 2.45) is 11.3 Å². The number of hydrogen-bond donors (Lipinski definition) is 4. The fourth-order valence-corrected chi connectivity index (χ4v) is 11.8. The lowest BCUT2D eigenvalue weighted by Crippen LogP contribution is -2.54. The number of benzene rings is 2. The van der Waals surface area contributed by atoms with Gasteiger partial charge in [0, 0.05) is 55.7 Å². The molecule has 4 aliphatic rings. The van der Waals surface area contributed by atoms with Crippen LogP contribution in [0.3, 0.4) is 0 Å². The van der Waals surface area contributed by atoms with E-state index in [2.05, 4.69) is 72.9 Å². The van der Waals surface area contributed by atoms with Crippen molar-refractivity contribution in [1.82, 2.24) is 24.6 Å². The molecule has 2 aromatic carbocycles. The van der Waals surface area contributed by atoms with Crippen LogP contribution in [0.5, 0.6) is 11.5 Å². The fourth-order valence-electron chi connectivity index (χ4n) is 10.8. The van der Waals surface area contributed by atoms with Crippen molar-refractivity contribution >= 4 is 44.2 Å². The highest BCUT2D eigenvalue weighted by atomic mass is 32.2. The number of nitro groups is 1. The lowest BCUT2D eigenvalue weighted by molar-refractivity contribution is -0.384. The Hall–Kier alpha value is -5.65. The Morgan fingerprint density at radius 1 is 1.05 bits per heavy atom. The van der Waals surface area contributed by atoms with Gasteiger partial charge in [0.2, 0.25) is 5.82 Å². The summed E-state index contributed by atoms with van der Waals surface area (Å²) in [5, 5.41) is 25.6. The molecule has 0 unspecified atom stereocenters. The van der Waals surface area contributed by atoms with Gasteiger partial charge in [0.1, 0.15) is 27.9 Å². The van der Waals surface area contributed by atoms with Crippen molar-refractivity contribution in [3.05, 3.63) is 105 Å². The highest BCUT2D eigenvalue weighted by molar-refractivity contribution is 7.90. The summed E-state index contributed by atoms with van der Waals surface area (Å²) in [6.45, 7) is 11.1. The predicted molar refractivity (Wildman–Crippen MR) is 250 cm³/mol. The average Bonchev–Trinajstić information content (AvgIpc) is 3.91. The van der Waals surface area contributed by atoms with Gasteiger partial charge in [-0.25, -0.2) is 27.5 Å². The number of pyridine rings is 2. The number of amides is 1. The number of halogens is 1. The molecule has 3 aromatic heterocycles. The zero-order valence-corrected chi connectivity index (χ0v) is 38.8. The molecular formula is C49H59FN8O7S. The zero-order chi connectivity index (χ0) is 46.5. The molecule has 17 heteroatoms. The summed E-state index contributed by atoms with van der Waals surface area (Å²) in [4.78, 5) is 41.2. The molecule has 1 spiro atoms. The summed E-state index contributed by atoms with van der Waals surface area (Å²) in [6, 6.07) is 17.2. The summed E-state index contributed by atoms with van der Waals surface area (Å²) < 4.78 is 50.7. The number of aliphatic hydroxyl groups is 1. The number of hydrogen-bond acceptors (Lipinski definition) is 12. The molecule has 1 atom stereocenters. The first-order valence-corrected chi connectivity index (χ1v) is 24.7. The first kappa shape index (κ1) is 45.5. The summed E-state index contributed by atoms with van der Waals surface area (Å²) in [5.41, 5.74) is 3.26. The number of nitrogens with zero attached hydrogens (tertiary/aromatic N) is 5. The number of rotatable bonds is 13. The van der Waals surface area contributed by atoms with Crippen molar-refractivity contribution in [2.45, 2.75) is 120 Å². The monoisotopic (exact) mass is 922 g/mol. The summed E-state index contributed by atoms with van der Waals surface area (Å²) >= 11 is 0. The Morgan fingerprint density at radius 2 is 1.79 bits per heavy atom. The van der Waals surface area contributed by atoms with E-state index < -0.39 is 42.9 Å². The number of sulfonamides is 1. The topological polar surface area (TPSA) is 196 Å². The molecule has 1 amide bonds. The SMILES string of the molecule is Cc1nc2[nH]cc(F)c2cc1Oc1cc(N2CCC3(CC2)CC(N2CCC[C@H]2c2ccccc2C(C)C)C3)ccc1C(=O)NS(=O)(=O)c1cnc(NCC2CCC(C)(O)CC2)c([N+](=O)[O-])c1. The maximum Gasteiger partial charge on any atom is 0.312 e. The minimum absolute atomic E-state index is 0.0269. The molecule has 350 valence electrons. The van der Waals surface area contributed by atoms with E-state index in [0.717, 1.165) is 76.1 Å². The van der Waals surface area contributed by atoms with Crippen LogP contribution < -0.4 is 19.7 Å². The van der Waals surface area contributed by atoms with Crippen molar-refractivity contribution in [2.75, 3.05) is 36.4 Å². The van der Waals surface area contributed by atoms with E-state index in [1.54, 1.807) is 26.0 Å². The van der Waals surface area contributed by atoms with Gasteiger partial charge < -0.3 is 25.0 Å². The Morgan fingerprint density at radius 3 is 2.52 bits per heavy atom. The third-order valence-electron chi connectivity index (χ3n) is 14.8. The first-order chi connectivity index (χ1) is 31.5. The highest BCUT2D eigenvalue weighted by Crippen LogP contribution is 2.54. The Bertz CT molecular complexity index is 2750. The number of carbonyl (C=O) groups excluding carboxylic acids is 1. The van der Waals surface area contributed by atoms with Crippen LogP contribution in [0.2, 0.25) is 0 Å². The third-order valence-corrected chi connectivity index (χ3v) is 16.1. The smallest absolute Gasteiger partial charge is 0.312 e. The van der Waals surface area contributed by atoms with Gasteiger partial charge in [-0.1, -0.05) is 38.1 Å². The number of aromatic amines is 1. The molecule has 2 saturated heterocycles. The molecule has 2 aliphatic carbocycles. The number of fused-ring (bicyclic) bond motifs is 1. The van der Waals surface area contributed by atoms with E-state index in [9.17, 15) is 32.8 Å². The minimum Gasteiger partial charge on any atom is -0.455 e. The Balaban J connectivity index is 0.917. The van der Waals surface area contributed by atoms with Gasteiger partial charge in [0.25, 0.3) is 15.9 Å². The van der Waals surface area contributed by atoms with E-state index in [4.69, 9.17) is 4.74 Å². The molecule has 2 saturated carbocycles. The molecule has 66 heavy (non-hydrogen) atoms. The molecule has 2 aliphatic heterocycles. The lowest BCUT2D eigenvalue weighted by Gasteiger charge is -2.56. The average molecular weight is 923 g/mol. The van der Waals surface area contributed by atoms with Crippen LogP contribution in [0, 0.1) is 34.2 Å². The molecule has 5 heterocycles. The van der Waals surface area contributed by atoms with Gasteiger partial charge in [0.15, 0.2) is 0 Å². The second-order valence-corrected chi connectivity index (χ2v) is 21.3. The lowest BCUT2D eigenvalue weighted by atomic mass is 9.59. The van der Waals surface area contributed by atoms with E-state index >= 15 is 0 Å². The summed E-state index contributed by atoms with van der Waals surface area (Å²) in [5.74, 6) is -0.850. The van der Waals surface area contributed by atoms with Crippen LogP contribution in [0.1, 0.15) is 124 Å². The summed E-state index contributed by atoms with van der Waals surface area (Å²) in [6.07, 6.45) is 11.5. The van der Waals surface area contributed by atoms with Crippen molar-refractivity contribution < 1.29 is 32.4 Å². The second kappa shape index (κ2) is 17.9. The maximum atomic E-state index is 14.7. The van der Waals surface area contributed by atoms with Gasteiger partial charge in [-0.2, -0.15) is 0 Å². The molecule has 4 N–H and O–H groups in total. The number of aromatic nitrogens is 3. The number of ether oxygens (including phenoxy) is 1. The predicted octanol–water partition coefficient (Wildman–Crippen LogP) is 9.29. The highest BCUT2D eigenvalue weighted by Gasteiger charge is 2.50. The van der Waals surface area contributed by atoms with Crippen LogP contribution in [0.25, 0.3) is 11.0 Å². The number of aryl methyl sites for hydroxylation is 1. The van der Waals surface area contributed by atoms with E-state index in [0.29, 0.717) is 48.7 Å². The van der Waals surface area contributed by atoms with Gasteiger partial charge >= 0.3 is 5.69 Å². The van der Waals surface area contributed by atoms with Gasteiger partial charge in [0.05, 0.1) is 33.4 Å². The third kappa shape index (κ3) is 9.21. The van der Waals surface area contributed by atoms with Crippen LogP contribution in [-0.4, -0.2) is 82.0 Å². The molecule has 4 fully saturated rings. The van der Waals surface area contributed by atoms with E-state index in [-0.39, 0.29) is 39.6 Å². The van der Waals surface area contributed by atoms with Crippen LogP contribution in [-0.2, 0) is 10.0 Å². The van der Waals surface area contributed by atoms with Crippen molar-refractivity contribution in [3.63, 3.8) is 0 Å². The number of H-pyrrole nitrogens is 1. The Labute approximate surface area is 384 Å². The number of anilines is 2. The number of piperidine rings is 1. The standard InChI is InChI=1S/C49H59FN8O7S/c1-30(2)36-8-5-6-9-37(36)41-10-7-19-57(41)34-25-49(26-34)17-20-56(21-18-49)33-11-12-38(44(22-33)65-43-24-39-40(50)29-53-45(39)54-31(43)3)47(59)55-66(63,64)35-23-42(58(61)62)46(52-28-35)51-27-32-13-15-48(4,60)16-14-32/h5-6,8-9,11-12,22-24,28-30,32,34,41,60H,7,10,13-21,25-27H2,1-4H3,(H,51,52)(H,53,54)(H,55,59)/t32?,41-,48?/m0/s1. The van der Waals surface area contributed by atoms with Crippen LogP contribution in [0.4, 0.5) is 21.6 Å². The summed E-state index contributed by atoms with van der Waals surface area (Å²) in [7, 11) is -4.69. The first-order valence-electron chi connectivity index (χ1n) is 23.2. The normalized spacial score (nSPS) is 22.4. The molecular weight excluding hydrogens is 864 g/mol. The maximum absolute atomic E-state index is 14.7. The Kier molecular flexibility index (Phi) is 12.3. The number of carbonyl (C=O) groups is 1. The number of likely N-dealkylation sites (tertiary alicyclic amines) is 1. The van der Waals surface area contributed by atoms with Gasteiger partial charge in [-0.15, -0.1) is 0 Å². The molecule has 0 bridgehead atoms. The largest absolute Gasteiger partial charge is 0.455 e. The molecule has 5 aromatic rings. The second-order valence-electron chi connectivity index (χ2n) is 19.7. The van der Waals surface area contributed by atoms with Gasteiger partial charge in [-0.05, 0) is 131 Å². The van der Waals surface area contributed by atoms with Crippen LogP contribution >= 0.6 is 0 Å².